The maximum Gasteiger partial charge on any atom is 0.0556 e. The Morgan fingerprint density at radius 1 is 1.22 bits per heavy atom. The Bertz CT molecular complexity index is 237. The molecular formula is C14H27NO3. The van der Waals surface area contributed by atoms with Crippen LogP contribution in [0.4, 0.5) is 0 Å². The van der Waals surface area contributed by atoms with E-state index in [1.165, 1.54) is 19.3 Å². The molecule has 18 heavy (non-hydrogen) atoms. The molecule has 1 heterocycles. The molecule has 0 spiro atoms. The molecule has 2 aliphatic rings. The van der Waals surface area contributed by atoms with Gasteiger partial charge in [-0.15, -0.1) is 0 Å². The molecule has 1 saturated carbocycles. The lowest BCUT2D eigenvalue weighted by Gasteiger charge is -2.45. The van der Waals surface area contributed by atoms with Gasteiger partial charge < -0.3 is 14.9 Å². The molecule has 106 valence electrons. The zero-order valence-electron chi connectivity index (χ0n) is 11.3. The lowest BCUT2D eigenvalue weighted by Crippen LogP contribution is -2.51. The van der Waals surface area contributed by atoms with Crippen molar-refractivity contribution in [3.63, 3.8) is 0 Å². The van der Waals surface area contributed by atoms with Crippen LogP contribution in [-0.4, -0.2) is 60.7 Å². The van der Waals surface area contributed by atoms with Crippen LogP contribution >= 0.6 is 0 Å². The SMILES string of the molecule is OCCCN(CC1(CO)CCCOC1)C1CCC1. The molecule has 0 bridgehead atoms. The van der Waals surface area contributed by atoms with Crippen molar-refractivity contribution in [2.45, 2.75) is 44.6 Å². The lowest BCUT2D eigenvalue weighted by atomic mass is 9.81. The summed E-state index contributed by atoms with van der Waals surface area (Å²) >= 11 is 0. The highest BCUT2D eigenvalue weighted by atomic mass is 16.5. The van der Waals surface area contributed by atoms with Crippen LogP contribution in [0.5, 0.6) is 0 Å². The van der Waals surface area contributed by atoms with Gasteiger partial charge in [0.05, 0.1) is 13.2 Å². The Morgan fingerprint density at radius 3 is 2.56 bits per heavy atom. The molecular weight excluding hydrogens is 230 g/mol. The third-order valence-electron chi connectivity index (χ3n) is 4.47. The van der Waals surface area contributed by atoms with Crippen LogP contribution in [0.15, 0.2) is 0 Å². The lowest BCUT2D eigenvalue weighted by molar-refractivity contribution is -0.0666. The van der Waals surface area contributed by atoms with Gasteiger partial charge in [-0.25, -0.2) is 0 Å². The number of hydrogen-bond acceptors (Lipinski definition) is 4. The number of hydrogen-bond donors (Lipinski definition) is 2. The highest BCUT2D eigenvalue weighted by molar-refractivity contribution is 4.89. The highest BCUT2D eigenvalue weighted by Crippen LogP contribution is 2.33. The molecule has 2 rings (SSSR count). The van der Waals surface area contributed by atoms with Crippen molar-refractivity contribution in [2.75, 3.05) is 39.5 Å². The largest absolute Gasteiger partial charge is 0.396 e. The number of nitrogens with zero attached hydrogens (tertiary/aromatic N) is 1. The van der Waals surface area contributed by atoms with Crippen molar-refractivity contribution in [2.24, 2.45) is 5.41 Å². The molecule has 0 aromatic heterocycles. The molecule has 2 fully saturated rings. The van der Waals surface area contributed by atoms with E-state index < -0.39 is 0 Å². The predicted molar refractivity (Wildman–Crippen MR) is 70.5 cm³/mol. The first-order chi connectivity index (χ1) is 8.79. The number of ether oxygens (including phenoxy) is 1. The summed E-state index contributed by atoms with van der Waals surface area (Å²) in [6.07, 6.45) is 6.81. The fourth-order valence-electron chi connectivity index (χ4n) is 3.06. The van der Waals surface area contributed by atoms with E-state index in [-0.39, 0.29) is 18.6 Å². The van der Waals surface area contributed by atoms with Gasteiger partial charge >= 0.3 is 0 Å². The summed E-state index contributed by atoms with van der Waals surface area (Å²) in [6.45, 7) is 3.87. The van der Waals surface area contributed by atoms with Crippen molar-refractivity contribution in [3.8, 4) is 0 Å². The molecule has 0 radical (unpaired) electrons. The van der Waals surface area contributed by atoms with Crippen molar-refractivity contribution in [3.05, 3.63) is 0 Å². The number of aliphatic hydroxyl groups is 2. The molecule has 1 aliphatic carbocycles. The van der Waals surface area contributed by atoms with Gasteiger partial charge in [0.15, 0.2) is 0 Å². The first-order valence-corrected chi connectivity index (χ1v) is 7.33. The molecule has 1 unspecified atom stereocenters. The molecule has 2 N–H and O–H groups in total. The molecule has 4 heteroatoms. The van der Waals surface area contributed by atoms with Gasteiger partial charge in [-0.3, -0.25) is 4.90 Å². The normalized spacial score (nSPS) is 29.5. The second-order valence-electron chi connectivity index (χ2n) is 5.95. The molecule has 0 aromatic carbocycles. The average Bonchev–Trinajstić information content (AvgIpc) is 2.35. The van der Waals surface area contributed by atoms with Gasteiger partial charge in [-0.05, 0) is 32.1 Å². The van der Waals surface area contributed by atoms with Crippen LogP contribution in [0.2, 0.25) is 0 Å². The van der Waals surface area contributed by atoms with Crippen LogP contribution in [0.3, 0.4) is 0 Å². The summed E-state index contributed by atoms with van der Waals surface area (Å²) < 4.78 is 5.58. The van der Waals surface area contributed by atoms with Gasteiger partial charge in [0.1, 0.15) is 0 Å². The van der Waals surface area contributed by atoms with Crippen molar-refractivity contribution < 1.29 is 14.9 Å². The first-order valence-electron chi connectivity index (χ1n) is 7.33. The van der Waals surface area contributed by atoms with Crippen LogP contribution in [0.1, 0.15) is 38.5 Å². The van der Waals surface area contributed by atoms with E-state index in [0.717, 1.165) is 39.0 Å². The summed E-state index contributed by atoms with van der Waals surface area (Å²) in [5.74, 6) is 0. The van der Waals surface area contributed by atoms with Gasteiger partial charge in [0, 0.05) is 37.8 Å². The topological polar surface area (TPSA) is 52.9 Å². The van der Waals surface area contributed by atoms with E-state index in [2.05, 4.69) is 4.90 Å². The zero-order valence-corrected chi connectivity index (χ0v) is 11.3. The van der Waals surface area contributed by atoms with Gasteiger partial charge in [-0.1, -0.05) is 6.42 Å². The second-order valence-corrected chi connectivity index (χ2v) is 5.95. The summed E-state index contributed by atoms with van der Waals surface area (Å²) in [5.41, 5.74) is -0.0662. The minimum atomic E-state index is -0.0662. The summed E-state index contributed by atoms with van der Waals surface area (Å²) in [5, 5.41) is 18.7. The highest BCUT2D eigenvalue weighted by Gasteiger charge is 2.37. The monoisotopic (exact) mass is 257 g/mol. The maximum absolute atomic E-state index is 9.73. The minimum Gasteiger partial charge on any atom is -0.396 e. The smallest absolute Gasteiger partial charge is 0.0556 e. The molecule has 4 nitrogen and oxygen atoms in total. The Labute approximate surface area is 110 Å². The van der Waals surface area contributed by atoms with Gasteiger partial charge in [0.2, 0.25) is 0 Å². The zero-order chi connectivity index (χ0) is 12.8. The fraction of sp³-hybridized carbons (Fsp3) is 1.00. The summed E-state index contributed by atoms with van der Waals surface area (Å²) in [7, 11) is 0. The Kier molecular flexibility index (Phi) is 5.42. The molecule has 0 amide bonds. The Morgan fingerprint density at radius 2 is 2.06 bits per heavy atom. The fourth-order valence-corrected chi connectivity index (χ4v) is 3.06. The number of rotatable bonds is 7. The molecule has 1 aliphatic heterocycles. The van der Waals surface area contributed by atoms with E-state index in [1.807, 2.05) is 0 Å². The minimum absolute atomic E-state index is 0.0662. The van der Waals surface area contributed by atoms with Crippen LogP contribution in [0.25, 0.3) is 0 Å². The molecule has 1 atom stereocenters. The standard InChI is InChI=1S/C14H27NO3/c16-8-3-7-15(13-4-1-5-13)10-14(11-17)6-2-9-18-12-14/h13,16-17H,1-12H2. The maximum atomic E-state index is 9.73. The van der Waals surface area contributed by atoms with Crippen molar-refractivity contribution in [1.82, 2.24) is 4.90 Å². The van der Waals surface area contributed by atoms with E-state index in [9.17, 15) is 5.11 Å². The van der Waals surface area contributed by atoms with E-state index in [1.54, 1.807) is 0 Å². The van der Waals surface area contributed by atoms with Crippen LogP contribution in [-0.2, 0) is 4.74 Å². The quantitative estimate of drug-likeness (QED) is 0.715. The Balaban J connectivity index is 1.91. The van der Waals surface area contributed by atoms with E-state index in [4.69, 9.17) is 9.84 Å². The summed E-state index contributed by atoms with van der Waals surface area (Å²) in [4.78, 5) is 2.48. The first kappa shape index (κ1) is 14.3. The van der Waals surface area contributed by atoms with E-state index in [0.29, 0.717) is 12.6 Å². The van der Waals surface area contributed by atoms with Crippen molar-refractivity contribution >= 4 is 0 Å². The third kappa shape index (κ3) is 3.44. The number of aliphatic hydroxyl groups excluding tert-OH is 2. The van der Waals surface area contributed by atoms with Gasteiger partial charge in [-0.2, -0.15) is 0 Å². The molecule has 1 saturated heterocycles. The summed E-state index contributed by atoms with van der Waals surface area (Å²) in [6, 6.07) is 0.668. The van der Waals surface area contributed by atoms with Gasteiger partial charge in [0.25, 0.3) is 0 Å². The van der Waals surface area contributed by atoms with Crippen LogP contribution < -0.4 is 0 Å². The molecule has 0 aromatic rings. The van der Waals surface area contributed by atoms with E-state index >= 15 is 0 Å². The predicted octanol–water partition coefficient (Wildman–Crippen LogP) is 1.01. The average molecular weight is 257 g/mol. The Hall–Kier alpha value is -0.160. The van der Waals surface area contributed by atoms with Crippen LogP contribution in [0, 0.1) is 5.41 Å². The van der Waals surface area contributed by atoms with Crippen molar-refractivity contribution in [1.29, 1.82) is 0 Å². The third-order valence-corrected chi connectivity index (χ3v) is 4.47. The second kappa shape index (κ2) is 6.85.